The van der Waals surface area contributed by atoms with Gasteiger partial charge in [0.05, 0.1) is 11.1 Å². The third kappa shape index (κ3) is 3.04. The zero-order valence-electron chi connectivity index (χ0n) is 14.1. The number of hydrogen-bond acceptors (Lipinski definition) is 6. The molecule has 134 valence electrons. The average molecular weight is 370 g/mol. The number of carbonyl (C=O) groups is 1. The van der Waals surface area contributed by atoms with Crippen LogP contribution >= 0.6 is 11.3 Å². The predicted molar refractivity (Wildman–Crippen MR) is 97.3 cm³/mol. The van der Waals surface area contributed by atoms with Crippen molar-refractivity contribution in [2.75, 3.05) is 13.2 Å². The molecule has 0 atom stereocenters. The van der Waals surface area contributed by atoms with Gasteiger partial charge in [0.15, 0.2) is 4.96 Å². The van der Waals surface area contributed by atoms with E-state index in [1.165, 1.54) is 21.8 Å². The lowest BCUT2D eigenvalue weighted by atomic mass is 9.74. The van der Waals surface area contributed by atoms with E-state index in [-0.39, 0.29) is 18.1 Å². The molecule has 0 radical (unpaired) electrons. The van der Waals surface area contributed by atoms with E-state index in [4.69, 9.17) is 9.47 Å². The summed E-state index contributed by atoms with van der Waals surface area (Å²) in [6.07, 6.45) is 2.84. The maximum atomic E-state index is 13.0. The van der Waals surface area contributed by atoms with Crippen molar-refractivity contribution < 1.29 is 14.3 Å². The first-order valence-corrected chi connectivity index (χ1v) is 9.33. The third-order valence-corrected chi connectivity index (χ3v) is 5.53. The summed E-state index contributed by atoms with van der Waals surface area (Å²) in [6, 6.07) is 11.1. The van der Waals surface area contributed by atoms with Crippen LogP contribution in [0, 0.1) is 0 Å². The van der Waals surface area contributed by atoms with Crippen LogP contribution in [0.25, 0.3) is 4.96 Å². The molecule has 1 aliphatic heterocycles. The Morgan fingerprint density at radius 1 is 1.27 bits per heavy atom. The molecule has 0 bridgehead atoms. The van der Waals surface area contributed by atoms with Crippen LogP contribution in [0.15, 0.2) is 52.8 Å². The van der Waals surface area contributed by atoms with Gasteiger partial charge in [-0.25, -0.2) is 4.98 Å². The lowest BCUT2D eigenvalue weighted by Gasteiger charge is -2.35. The Kier molecular flexibility index (Phi) is 4.57. The number of benzene rings is 1. The van der Waals surface area contributed by atoms with Gasteiger partial charge in [0, 0.05) is 30.9 Å². The Bertz CT molecular complexity index is 974. The molecule has 0 spiro atoms. The minimum Gasteiger partial charge on any atom is -0.458 e. The maximum absolute atomic E-state index is 13.0. The monoisotopic (exact) mass is 370 g/mol. The molecule has 0 unspecified atom stereocenters. The van der Waals surface area contributed by atoms with E-state index in [0.717, 1.165) is 5.56 Å². The summed E-state index contributed by atoms with van der Waals surface area (Å²) in [5.41, 5.74) is 0.518. The molecule has 6 nitrogen and oxygen atoms in total. The molecule has 1 aliphatic rings. The highest BCUT2D eigenvalue weighted by Crippen LogP contribution is 2.36. The number of nitrogens with zero attached hydrogens (tertiary/aromatic N) is 2. The number of esters is 1. The number of hydrogen-bond donors (Lipinski definition) is 0. The maximum Gasteiger partial charge on any atom is 0.317 e. The van der Waals surface area contributed by atoms with Crippen LogP contribution in [0.4, 0.5) is 0 Å². The molecule has 0 N–H and O–H groups in total. The van der Waals surface area contributed by atoms with Crippen LogP contribution in [-0.2, 0) is 26.3 Å². The number of fused-ring (bicyclic) bond motifs is 1. The van der Waals surface area contributed by atoms with Gasteiger partial charge in [-0.05, 0) is 18.4 Å². The van der Waals surface area contributed by atoms with Crippen molar-refractivity contribution in [3.05, 3.63) is 69.6 Å². The van der Waals surface area contributed by atoms with E-state index in [0.29, 0.717) is 36.7 Å². The van der Waals surface area contributed by atoms with Crippen LogP contribution in [-0.4, -0.2) is 28.6 Å². The molecular weight excluding hydrogens is 352 g/mol. The minimum absolute atomic E-state index is 0.0160. The van der Waals surface area contributed by atoms with Crippen molar-refractivity contribution >= 4 is 22.3 Å². The first kappa shape index (κ1) is 16.9. The van der Waals surface area contributed by atoms with Crippen LogP contribution in [0.3, 0.4) is 0 Å². The van der Waals surface area contributed by atoms with E-state index < -0.39 is 5.41 Å². The van der Waals surface area contributed by atoms with Gasteiger partial charge in [0.25, 0.3) is 5.56 Å². The summed E-state index contributed by atoms with van der Waals surface area (Å²) in [7, 11) is 0. The number of carbonyl (C=O) groups excluding carboxylic acids is 1. The van der Waals surface area contributed by atoms with Crippen LogP contribution in [0.1, 0.15) is 24.1 Å². The van der Waals surface area contributed by atoms with Gasteiger partial charge in [0.2, 0.25) is 0 Å². The van der Waals surface area contributed by atoms with Gasteiger partial charge in [0.1, 0.15) is 6.61 Å². The van der Waals surface area contributed by atoms with Crippen LogP contribution < -0.4 is 5.56 Å². The second-order valence-electron chi connectivity index (χ2n) is 6.28. The second-order valence-corrected chi connectivity index (χ2v) is 7.15. The Labute approximate surface area is 154 Å². The highest BCUT2D eigenvalue weighted by atomic mass is 32.1. The Hall–Kier alpha value is -2.51. The van der Waals surface area contributed by atoms with E-state index in [1.807, 2.05) is 30.3 Å². The summed E-state index contributed by atoms with van der Waals surface area (Å²) >= 11 is 1.37. The largest absolute Gasteiger partial charge is 0.458 e. The fraction of sp³-hybridized carbons (Fsp3) is 0.316. The molecule has 26 heavy (non-hydrogen) atoms. The van der Waals surface area contributed by atoms with E-state index in [2.05, 4.69) is 4.98 Å². The second kappa shape index (κ2) is 7.01. The van der Waals surface area contributed by atoms with Gasteiger partial charge < -0.3 is 9.47 Å². The number of rotatable bonds is 4. The van der Waals surface area contributed by atoms with Crippen molar-refractivity contribution in [3.63, 3.8) is 0 Å². The Morgan fingerprint density at radius 3 is 2.81 bits per heavy atom. The van der Waals surface area contributed by atoms with Gasteiger partial charge in [-0.1, -0.05) is 30.3 Å². The Morgan fingerprint density at radius 2 is 2.04 bits per heavy atom. The topological polar surface area (TPSA) is 69.9 Å². The van der Waals surface area contributed by atoms with Crippen molar-refractivity contribution in [2.45, 2.75) is 24.9 Å². The summed E-state index contributed by atoms with van der Waals surface area (Å²) in [4.78, 5) is 30.0. The summed E-state index contributed by atoms with van der Waals surface area (Å²) in [5.74, 6) is -0.292. The molecule has 7 heteroatoms. The lowest BCUT2D eigenvalue weighted by Crippen LogP contribution is -2.42. The molecule has 4 rings (SSSR count). The van der Waals surface area contributed by atoms with Crippen molar-refractivity contribution in [3.8, 4) is 0 Å². The highest BCUT2D eigenvalue weighted by molar-refractivity contribution is 7.15. The van der Waals surface area contributed by atoms with Gasteiger partial charge in [-0.2, -0.15) is 0 Å². The van der Waals surface area contributed by atoms with Crippen molar-refractivity contribution in [1.82, 2.24) is 9.38 Å². The summed E-state index contributed by atoms with van der Waals surface area (Å²) in [6.45, 7) is 1.02. The molecule has 0 aliphatic carbocycles. The zero-order chi connectivity index (χ0) is 18.0. The third-order valence-electron chi connectivity index (χ3n) is 4.77. The number of aromatic nitrogens is 2. The highest BCUT2D eigenvalue weighted by Gasteiger charge is 2.43. The van der Waals surface area contributed by atoms with Crippen LogP contribution in [0.2, 0.25) is 0 Å². The van der Waals surface area contributed by atoms with E-state index >= 15 is 0 Å². The molecule has 3 heterocycles. The van der Waals surface area contributed by atoms with Gasteiger partial charge in [-0.15, -0.1) is 11.3 Å². The first-order chi connectivity index (χ1) is 12.7. The zero-order valence-corrected chi connectivity index (χ0v) is 14.9. The van der Waals surface area contributed by atoms with Gasteiger partial charge in [-0.3, -0.25) is 14.0 Å². The summed E-state index contributed by atoms with van der Waals surface area (Å²) in [5, 5.41) is 1.80. The van der Waals surface area contributed by atoms with Crippen LogP contribution in [0.5, 0.6) is 0 Å². The minimum atomic E-state index is -0.707. The van der Waals surface area contributed by atoms with Gasteiger partial charge >= 0.3 is 5.97 Å². The van der Waals surface area contributed by atoms with E-state index in [9.17, 15) is 9.59 Å². The Balaban J connectivity index is 1.57. The first-order valence-electron chi connectivity index (χ1n) is 8.45. The molecule has 3 aromatic rings. The standard InChI is InChI=1S/C19H18N2O4S/c22-16-12-15(20-18-21(16)8-11-26-18)13-25-17(23)19(6-9-24-10-7-19)14-4-2-1-3-5-14/h1-5,8,11-12H,6-7,9-10,13H2. The lowest BCUT2D eigenvalue weighted by molar-refractivity contribution is -0.156. The number of thiazole rings is 1. The molecule has 1 fully saturated rings. The van der Waals surface area contributed by atoms with Crippen molar-refractivity contribution in [1.29, 1.82) is 0 Å². The smallest absolute Gasteiger partial charge is 0.317 e. The summed E-state index contributed by atoms with van der Waals surface area (Å²) < 4.78 is 12.5. The van der Waals surface area contributed by atoms with Crippen molar-refractivity contribution in [2.24, 2.45) is 0 Å². The SMILES string of the molecule is O=C(OCc1cc(=O)n2ccsc2n1)C1(c2ccccc2)CCOCC1. The molecular formula is C19H18N2O4S. The fourth-order valence-corrected chi connectivity index (χ4v) is 4.07. The van der Waals surface area contributed by atoms with E-state index in [1.54, 1.807) is 11.6 Å². The predicted octanol–water partition coefficient (Wildman–Crippen LogP) is 2.55. The fourth-order valence-electron chi connectivity index (χ4n) is 3.33. The quantitative estimate of drug-likeness (QED) is 0.660. The molecule has 1 saturated heterocycles. The molecule has 0 saturated carbocycles. The normalized spacial score (nSPS) is 16.5. The number of ether oxygens (including phenoxy) is 2. The molecule has 2 aromatic heterocycles. The average Bonchev–Trinajstić information content (AvgIpc) is 3.16. The molecule has 1 aromatic carbocycles. The molecule has 0 amide bonds.